The Balaban J connectivity index is 2.13. The van der Waals surface area contributed by atoms with Crippen LogP contribution in [0.15, 0.2) is 10.7 Å². The molecule has 1 N–H and O–H groups in total. The van der Waals surface area contributed by atoms with Crippen LogP contribution in [0.2, 0.25) is 0 Å². The quantitative estimate of drug-likeness (QED) is 0.668. The predicted octanol–water partition coefficient (Wildman–Crippen LogP) is 0.644. The van der Waals surface area contributed by atoms with Crippen LogP contribution < -0.4 is 5.32 Å². The van der Waals surface area contributed by atoms with Crippen molar-refractivity contribution in [2.45, 2.75) is 13.0 Å². The third-order valence-electron chi connectivity index (χ3n) is 2.06. The van der Waals surface area contributed by atoms with E-state index in [2.05, 4.69) is 10.5 Å². The molecule has 2 rings (SSSR count). The van der Waals surface area contributed by atoms with Gasteiger partial charge in [0.1, 0.15) is 5.76 Å². The third-order valence-corrected chi connectivity index (χ3v) is 2.06. The van der Waals surface area contributed by atoms with Crippen LogP contribution in [0.25, 0.3) is 0 Å². The van der Waals surface area contributed by atoms with E-state index in [1.165, 1.54) is 0 Å². The lowest BCUT2D eigenvalue weighted by Gasteiger charge is -2.22. The zero-order valence-corrected chi connectivity index (χ0v) is 7.04. The summed E-state index contributed by atoms with van der Waals surface area (Å²) in [5.74, 6) is 0.851. The smallest absolute Gasteiger partial charge is 0.139 e. The van der Waals surface area contributed by atoms with Crippen LogP contribution in [0.5, 0.6) is 0 Å². The summed E-state index contributed by atoms with van der Waals surface area (Å²) in [5.41, 5.74) is 1.06. The normalized spacial score (nSPS) is 24.2. The van der Waals surface area contributed by atoms with E-state index >= 15 is 0 Å². The third kappa shape index (κ3) is 1.35. The monoisotopic (exact) mass is 168 g/mol. The fourth-order valence-corrected chi connectivity index (χ4v) is 1.38. The fraction of sp³-hybridized carbons (Fsp3) is 0.625. The summed E-state index contributed by atoms with van der Waals surface area (Å²) in [4.78, 5) is 0. The Hall–Kier alpha value is -0.870. The van der Waals surface area contributed by atoms with Crippen molar-refractivity contribution in [3.63, 3.8) is 0 Å². The molecule has 66 valence electrons. The van der Waals surface area contributed by atoms with Crippen molar-refractivity contribution in [1.82, 2.24) is 10.5 Å². The predicted molar refractivity (Wildman–Crippen MR) is 42.8 cm³/mol. The number of morpholine rings is 1. The minimum Gasteiger partial charge on any atom is -0.371 e. The Kier molecular flexibility index (Phi) is 2.10. The van der Waals surface area contributed by atoms with E-state index in [1.807, 2.05) is 6.92 Å². The van der Waals surface area contributed by atoms with Gasteiger partial charge in [0.05, 0.1) is 18.9 Å². The van der Waals surface area contributed by atoms with Gasteiger partial charge in [-0.2, -0.15) is 0 Å². The molecule has 0 bridgehead atoms. The summed E-state index contributed by atoms with van der Waals surface area (Å²) in [7, 11) is 0. The lowest BCUT2D eigenvalue weighted by atomic mass is 10.1. The minimum atomic E-state index is 0.116. The molecule has 0 amide bonds. The summed E-state index contributed by atoms with van der Waals surface area (Å²) in [6.45, 7) is 4.44. The Morgan fingerprint density at radius 2 is 2.58 bits per heavy atom. The molecule has 1 fully saturated rings. The molecule has 1 aromatic rings. The number of hydrogen-bond acceptors (Lipinski definition) is 4. The first-order valence-electron chi connectivity index (χ1n) is 4.11. The molecule has 0 aliphatic carbocycles. The summed E-state index contributed by atoms with van der Waals surface area (Å²) in [5, 5.41) is 6.97. The first-order chi connectivity index (χ1) is 5.88. The van der Waals surface area contributed by atoms with Gasteiger partial charge in [-0.1, -0.05) is 5.16 Å². The van der Waals surface area contributed by atoms with E-state index in [1.54, 1.807) is 6.20 Å². The Morgan fingerprint density at radius 3 is 3.17 bits per heavy atom. The molecule has 0 saturated carbocycles. The fourth-order valence-electron chi connectivity index (χ4n) is 1.38. The van der Waals surface area contributed by atoms with Crippen LogP contribution in [-0.4, -0.2) is 24.9 Å². The highest BCUT2D eigenvalue weighted by atomic mass is 16.5. The summed E-state index contributed by atoms with van der Waals surface area (Å²) < 4.78 is 10.5. The number of nitrogens with zero attached hydrogens (tertiary/aromatic N) is 1. The average Bonchev–Trinajstić information content (AvgIpc) is 2.53. The first kappa shape index (κ1) is 7.76. The van der Waals surface area contributed by atoms with Crippen LogP contribution >= 0.6 is 0 Å². The van der Waals surface area contributed by atoms with Gasteiger partial charge < -0.3 is 14.6 Å². The van der Waals surface area contributed by atoms with E-state index in [0.717, 1.165) is 31.0 Å². The molecule has 0 spiro atoms. The molecule has 4 nitrogen and oxygen atoms in total. The van der Waals surface area contributed by atoms with Gasteiger partial charge >= 0.3 is 0 Å². The standard InChI is InChI=1S/C8H12N2O2/c1-6-7(4-10-12-6)8-5-9-2-3-11-8/h4,8-9H,2-3,5H2,1H3. The summed E-state index contributed by atoms with van der Waals surface area (Å²) >= 11 is 0. The number of hydrogen-bond donors (Lipinski definition) is 1. The van der Waals surface area contributed by atoms with Crippen LogP contribution in [-0.2, 0) is 4.74 Å². The zero-order valence-electron chi connectivity index (χ0n) is 7.04. The molecule has 1 aliphatic heterocycles. The van der Waals surface area contributed by atoms with Crippen molar-refractivity contribution < 1.29 is 9.26 Å². The molecule has 0 aromatic carbocycles. The molecule has 4 heteroatoms. The first-order valence-corrected chi connectivity index (χ1v) is 4.11. The largest absolute Gasteiger partial charge is 0.371 e. The van der Waals surface area contributed by atoms with E-state index in [9.17, 15) is 0 Å². The van der Waals surface area contributed by atoms with Crippen molar-refractivity contribution >= 4 is 0 Å². The van der Waals surface area contributed by atoms with Crippen LogP contribution in [0.3, 0.4) is 0 Å². The number of rotatable bonds is 1. The van der Waals surface area contributed by atoms with Crippen LogP contribution in [0.4, 0.5) is 0 Å². The molecule has 2 heterocycles. The van der Waals surface area contributed by atoms with Gasteiger partial charge in [-0.05, 0) is 6.92 Å². The number of aromatic nitrogens is 1. The van der Waals surface area contributed by atoms with Crippen molar-refractivity contribution in [3.8, 4) is 0 Å². The van der Waals surface area contributed by atoms with Gasteiger partial charge in [0.2, 0.25) is 0 Å². The van der Waals surface area contributed by atoms with Crippen molar-refractivity contribution in [2.75, 3.05) is 19.7 Å². The second-order valence-corrected chi connectivity index (χ2v) is 2.90. The number of ether oxygens (including phenoxy) is 1. The van der Waals surface area contributed by atoms with Crippen molar-refractivity contribution in [3.05, 3.63) is 17.5 Å². The highest BCUT2D eigenvalue weighted by Gasteiger charge is 2.19. The maximum Gasteiger partial charge on any atom is 0.139 e. The van der Waals surface area contributed by atoms with Crippen molar-refractivity contribution in [1.29, 1.82) is 0 Å². The molecule has 1 unspecified atom stereocenters. The van der Waals surface area contributed by atoms with E-state index in [4.69, 9.17) is 9.26 Å². The summed E-state index contributed by atoms with van der Waals surface area (Å²) in [6.07, 6.45) is 1.84. The van der Waals surface area contributed by atoms with Gasteiger partial charge in [-0.3, -0.25) is 0 Å². The lowest BCUT2D eigenvalue weighted by molar-refractivity contribution is 0.0268. The topological polar surface area (TPSA) is 47.3 Å². The highest BCUT2D eigenvalue weighted by Crippen LogP contribution is 2.21. The molecule has 12 heavy (non-hydrogen) atoms. The maximum absolute atomic E-state index is 5.54. The molecule has 0 radical (unpaired) electrons. The molecular weight excluding hydrogens is 156 g/mol. The zero-order chi connectivity index (χ0) is 8.39. The second kappa shape index (κ2) is 3.25. The average molecular weight is 168 g/mol. The molecule has 1 atom stereocenters. The van der Waals surface area contributed by atoms with Gasteiger partial charge in [0.25, 0.3) is 0 Å². The second-order valence-electron chi connectivity index (χ2n) is 2.90. The molecule has 1 saturated heterocycles. The maximum atomic E-state index is 5.54. The van der Waals surface area contributed by atoms with E-state index in [0.29, 0.717) is 0 Å². The number of nitrogens with one attached hydrogen (secondary N) is 1. The Morgan fingerprint density at radius 1 is 1.67 bits per heavy atom. The van der Waals surface area contributed by atoms with E-state index < -0.39 is 0 Å². The van der Waals surface area contributed by atoms with Gasteiger partial charge in [0.15, 0.2) is 0 Å². The molecule has 1 aromatic heterocycles. The highest BCUT2D eigenvalue weighted by molar-refractivity contribution is 5.16. The minimum absolute atomic E-state index is 0.116. The lowest BCUT2D eigenvalue weighted by Crippen LogP contribution is -2.33. The Labute approximate surface area is 70.9 Å². The van der Waals surface area contributed by atoms with Crippen molar-refractivity contribution in [2.24, 2.45) is 0 Å². The molecular formula is C8H12N2O2. The van der Waals surface area contributed by atoms with Crippen LogP contribution in [0, 0.1) is 6.92 Å². The van der Waals surface area contributed by atoms with Gasteiger partial charge in [0, 0.05) is 18.7 Å². The SMILES string of the molecule is Cc1oncc1C1CNCCO1. The van der Waals surface area contributed by atoms with Gasteiger partial charge in [-0.15, -0.1) is 0 Å². The van der Waals surface area contributed by atoms with E-state index in [-0.39, 0.29) is 6.10 Å². The van der Waals surface area contributed by atoms with Gasteiger partial charge in [-0.25, -0.2) is 0 Å². The summed E-state index contributed by atoms with van der Waals surface area (Å²) in [6, 6.07) is 0. The van der Waals surface area contributed by atoms with Crippen LogP contribution in [0.1, 0.15) is 17.4 Å². The Bertz CT molecular complexity index is 253. The number of aryl methyl sites for hydroxylation is 1. The molecule has 1 aliphatic rings.